The van der Waals surface area contributed by atoms with Gasteiger partial charge in [-0.2, -0.15) is 5.06 Å². The maximum Gasteiger partial charge on any atom is 0.172 e. The van der Waals surface area contributed by atoms with Gasteiger partial charge < -0.3 is 9.47 Å². The molecule has 2 aliphatic rings. The van der Waals surface area contributed by atoms with E-state index in [9.17, 15) is 0 Å². The minimum absolute atomic E-state index is 0.000490. The van der Waals surface area contributed by atoms with Crippen LogP contribution in [0.5, 0.6) is 0 Å². The minimum Gasteiger partial charge on any atom is -0.347 e. The molecule has 164 valence electrons. The smallest absolute Gasteiger partial charge is 0.172 e. The predicted octanol–water partition coefficient (Wildman–Crippen LogP) is 6.41. The zero-order chi connectivity index (χ0) is 21.1. The van der Waals surface area contributed by atoms with Crippen molar-refractivity contribution < 1.29 is 14.3 Å². The van der Waals surface area contributed by atoms with E-state index in [1.807, 2.05) is 6.07 Å². The number of unbranched alkanes of at least 4 members (excludes halogenated alkanes) is 3. The lowest BCUT2D eigenvalue weighted by Gasteiger charge is -2.56. The molecule has 4 nitrogen and oxygen atoms in total. The molecule has 2 unspecified atom stereocenters. The maximum absolute atomic E-state index is 6.57. The number of benzene rings is 1. The van der Waals surface area contributed by atoms with E-state index >= 15 is 0 Å². The van der Waals surface area contributed by atoms with Gasteiger partial charge in [-0.1, -0.05) is 62.9 Å². The van der Waals surface area contributed by atoms with Crippen molar-refractivity contribution >= 4 is 0 Å². The van der Waals surface area contributed by atoms with Crippen molar-refractivity contribution in [3.05, 3.63) is 35.9 Å². The lowest BCUT2D eigenvalue weighted by Crippen LogP contribution is -2.65. The molecule has 0 saturated carbocycles. The van der Waals surface area contributed by atoms with Gasteiger partial charge in [-0.3, -0.25) is 4.84 Å². The first-order chi connectivity index (χ1) is 13.7. The summed E-state index contributed by atoms with van der Waals surface area (Å²) in [5.74, 6) is -0.488. The molecule has 2 aliphatic heterocycles. The van der Waals surface area contributed by atoms with Gasteiger partial charge in [0.25, 0.3) is 0 Å². The van der Waals surface area contributed by atoms with Crippen LogP contribution >= 0.6 is 0 Å². The highest BCUT2D eigenvalue weighted by Gasteiger charge is 2.57. The summed E-state index contributed by atoms with van der Waals surface area (Å²) in [4.78, 5) is 6.55. The highest BCUT2D eigenvalue weighted by molar-refractivity contribution is 5.17. The molecular weight excluding hydrogens is 362 g/mol. The molecule has 0 aliphatic carbocycles. The molecule has 2 heterocycles. The summed E-state index contributed by atoms with van der Waals surface area (Å²) in [6, 6.07) is 10.4. The lowest BCUT2D eigenvalue weighted by molar-refractivity contribution is -0.351. The van der Waals surface area contributed by atoms with Crippen molar-refractivity contribution in [1.29, 1.82) is 0 Å². The molecule has 2 fully saturated rings. The Morgan fingerprint density at radius 1 is 1.03 bits per heavy atom. The second-order valence-electron chi connectivity index (χ2n) is 10.2. The second kappa shape index (κ2) is 9.05. The SMILES string of the molecule is CCCCCCC1COC2(CC(C)(C)N(OC(C)c3ccccc3)C(C)(C)C2)O1. The second-order valence-corrected chi connectivity index (χ2v) is 10.2. The van der Waals surface area contributed by atoms with E-state index in [-0.39, 0.29) is 23.3 Å². The molecule has 3 rings (SSSR count). The predicted molar refractivity (Wildman–Crippen MR) is 117 cm³/mol. The number of piperidine rings is 1. The Balaban J connectivity index is 1.66. The van der Waals surface area contributed by atoms with Gasteiger partial charge in [-0.15, -0.1) is 0 Å². The summed E-state index contributed by atoms with van der Waals surface area (Å²) in [5, 5.41) is 2.20. The topological polar surface area (TPSA) is 30.9 Å². The summed E-state index contributed by atoms with van der Waals surface area (Å²) >= 11 is 0. The number of hydrogen-bond donors (Lipinski definition) is 0. The summed E-state index contributed by atoms with van der Waals surface area (Å²) in [5.41, 5.74) is 0.809. The fourth-order valence-corrected chi connectivity index (χ4v) is 5.32. The Labute approximate surface area is 177 Å². The average molecular weight is 404 g/mol. The van der Waals surface area contributed by atoms with Crippen LogP contribution < -0.4 is 0 Å². The zero-order valence-corrected chi connectivity index (χ0v) is 19.4. The van der Waals surface area contributed by atoms with E-state index in [1.165, 1.54) is 31.2 Å². The molecular formula is C25H41NO3. The van der Waals surface area contributed by atoms with Crippen LogP contribution in [0.4, 0.5) is 0 Å². The van der Waals surface area contributed by atoms with Crippen LogP contribution in [0.1, 0.15) is 98.2 Å². The maximum atomic E-state index is 6.57. The van der Waals surface area contributed by atoms with Crippen molar-refractivity contribution in [1.82, 2.24) is 5.06 Å². The molecule has 1 aromatic carbocycles. The van der Waals surface area contributed by atoms with Crippen molar-refractivity contribution in [3.63, 3.8) is 0 Å². The van der Waals surface area contributed by atoms with Crippen molar-refractivity contribution in [2.45, 2.75) is 116 Å². The molecule has 0 bridgehead atoms. The van der Waals surface area contributed by atoms with Crippen LogP contribution in [-0.2, 0) is 14.3 Å². The quantitative estimate of drug-likeness (QED) is 0.469. The molecule has 2 atom stereocenters. The number of hydroxylamine groups is 2. The summed E-state index contributed by atoms with van der Waals surface area (Å²) in [6.45, 7) is 14.1. The number of rotatable bonds is 8. The van der Waals surface area contributed by atoms with Gasteiger partial charge in [0, 0.05) is 23.9 Å². The van der Waals surface area contributed by atoms with Gasteiger partial charge in [0.15, 0.2) is 5.79 Å². The highest BCUT2D eigenvalue weighted by atomic mass is 16.7. The van der Waals surface area contributed by atoms with Crippen LogP contribution in [0.2, 0.25) is 0 Å². The summed E-state index contributed by atoms with van der Waals surface area (Å²) in [6.07, 6.45) is 8.07. The monoisotopic (exact) mass is 403 g/mol. The number of hydrogen-bond acceptors (Lipinski definition) is 4. The summed E-state index contributed by atoms with van der Waals surface area (Å²) in [7, 11) is 0. The van der Waals surface area contributed by atoms with Crippen LogP contribution in [0.3, 0.4) is 0 Å². The van der Waals surface area contributed by atoms with Gasteiger partial charge >= 0.3 is 0 Å². The molecule has 0 N–H and O–H groups in total. The third-order valence-electron chi connectivity index (χ3n) is 6.33. The first kappa shape index (κ1) is 22.7. The molecule has 4 heteroatoms. The largest absolute Gasteiger partial charge is 0.347 e. The third kappa shape index (κ3) is 5.41. The Hall–Kier alpha value is -0.940. The van der Waals surface area contributed by atoms with E-state index in [0.29, 0.717) is 0 Å². The Morgan fingerprint density at radius 3 is 2.31 bits per heavy atom. The van der Waals surface area contributed by atoms with Crippen molar-refractivity contribution in [3.8, 4) is 0 Å². The Bertz CT molecular complexity index is 625. The van der Waals surface area contributed by atoms with Gasteiger partial charge in [0.05, 0.1) is 12.7 Å². The summed E-state index contributed by atoms with van der Waals surface area (Å²) < 4.78 is 12.9. The lowest BCUT2D eigenvalue weighted by atomic mass is 9.78. The van der Waals surface area contributed by atoms with E-state index < -0.39 is 5.79 Å². The van der Waals surface area contributed by atoms with Gasteiger partial charge in [0.2, 0.25) is 0 Å². The standard InChI is InChI=1S/C25H41NO3/c1-7-8-9-13-16-22-17-27-25(28-22)18-23(3,4)26(24(5,6)19-25)29-20(2)21-14-11-10-12-15-21/h10-12,14-15,20,22H,7-9,13,16-19H2,1-6H3. The fourth-order valence-electron chi connectivity index (χ4n) is 5.32. The molecule has 1 spiro atoms. The van der Waals surface area contributed by atoms with Crippen LogP contribution in [0.15, 0.2) is 30.3 Å². The first-order valence-corrected chi connectivity index (χ1v) is 11.5. The van der Waals surface area contributed by atoms with E-state index in [1.54, 1.807) is 0 Å². The van der Waals surface area contributed by atoms with E-state index in [2.05, 4.69) is 70.9 Å². The van der Waals surface area contributed by atoms with Crippen LogP contribution in [0, 0.1) is 0 Å². The van der Waals surface area contributed by atoms with Gasteiger partial charge in [-0.05, 0) is 46.6 Å². The zero-order valence-electron chi connectivity index (χ0n) is 19.4. The normalized spacial score (nSPS) is 26.6. The fraction of sp³-hybridized carbons (Fsp3) is 0.760. The Kier molecular flexibility index (Phi) is 7.10. The van der Waals surface area contributed by atoms with Gasteiger partial charge in [0.1, 0.15) is 6.10 Å². The molecule has 2 saturated heterocycles. The van der Waals surface area contributed by atoms with Crippen LogP contribution in [-0.4, -0.2) is 34.6 Å². The minimum atomic E-state index is -0.488. The van der Waals surface area contributed by atoms with Crippen LogP contribution in [0.25, 0.3) is 0 Å². The molecule has 0 radical (unpaired) electrons. The van der Waals surface area contributed by atoms with Crippen molar-refractivity contribution in [2.75, 3.05) is 6.61 Å². The number of nitrogens with zero attached hydrogens (tertiary/aromatic N) is 1. The number of ether oxygens (including phenoxy) is 2. The van der Waals surface area contributed by atoms with E-state index in [4.69, 9.17) is 14.3 Å². The average Bonchev–Trinajstić information content (AvgIpc) is 3.03. The molecule has 0 aromatic heterocycles. The first-order valence-electron chi connectivity index (χ1n) is 11.5. The molecule has 0 amide bonds. The highest BCUT2D eigenvalue weighted by Crippen LogP contribution is 2.49. The van der Waals surface area contributed by atoms with E-state index in [0.717, 1.165) is 25.9 Å². The van der Waals surface area contributed by atoms with Gasteiger partial charge in [-0.25, -0.2) is 0 Å². The molecule has 29 heavy (non-hydrogen) atoms. The Morgan fingerprint density at radius 2 is 1.69 bits per heavy atom. The molecule has 1 aromatic rings. The van der Waals surface area contributed by atoms with Crippen molar-refractivity contribution in [2.24, 2.45) is 0 Å². The third-order valence-corrected chi connectivity index (χ3v) is 6.33.